The summed E-state index contributed by atoms with van der Waals surface area (Å²) in [4.78, 5) is 45.5. The summed E-state index contributed by atoms with van der Waals surface area (Å²) < 4.78 is 10.8. The van der Waals surface area contributed by atoms with E-state index in [0.29, 0.717) is 53.6 Å². The molecular weight excluding hydrogens is 458 g/mol. The molecule has 3 amide bonds. The maximum Gasteiger partial charge on any atom is 0.263 e. The summed E-state index contributed by atoms with van der Waals surface area (Å²) in [5.41, 5.74) is 2.53. The van der Waals surface area contributed by atoms with Crippen molar-refractivity contribution in [3.63, 3.8) is 0 Å². The first-order chi connectivity index (χ1) is 17.6. The van der Waals surface area contributed by atoms with Gasteiger partial charge < -0.3 is 19.3 Å². The number of anilines is 1. The quantitative estimate of drug-likeness (QED) is 0.615. The van der Waals surface area contributed by atoms with Crippen molar-refractivity contribution in [2.24, 2.45) is 11.8 Å². The molecule has 1 aliphatic carbocycles. The van der Waals surface area contributed by atoms with Gasteiger partial charge in [-0.3, -0.25) is 19.3 Å². The summed E-state index contributed by atoms with van der Waals surface area (Å²) in [6.07, 6.45) is 5.16. The number of piperidine rings is 2. The third kappa shape index (κ3) is 3.38. The monoisotopic (exact) mass is 487 g/mol. The molecule has 8 nitrogen and oxygen atoms in total. The number of benzene rings is 2. The van der Waals surface area contributed by atoms with Crippen molar-refractivity contribution in [2.45, 2.75) is 44.7 Å². The van der Waals surface area contributed by atoms with Crippen molar-refractivity contribution < 1.29 is 23.9 Å². The van der Waals surface area contributed by atoms with E-state index in [1.54, 1.807) is 12.1 Å². The standard InChI is InChI=1S/C28H29N3O5/c32-26(30-14-17-4-6-20(30)12-17)19-8-10-29(11-9-19)22-3-1-2-21-25(22)28(34)31(27(21)33)15-18-5-7-23-24(13-18)36-16-35-23/h1-3,5,7,13,17,19-20H,4,6,8-12,14-16H2. The minimum atomic E-state index is -0.274. The Balaban J connectivity index is 1.07. The number of carbonyl (C=O) groups excluding carboxylic acids is 3. The van der Waals surface area contributed by atoms with Crippen LogP contribution in [0.4, 0.5) is 5.69 Å². The van der Waals surface area contributed by atoms with E-state index < -0.39 is 0 Å². The average molecular weight is 488 g/mol. The highest BCUT2D eigenvalue weighted by atomic mass is 16.7. The average Bonchev–Trinajstić information content (AvgIpc) is 3.70. The zero-order valence-electron chi connectivity index (χ0n) is 20.2. The Morgan fingerprint density at radius 2 is 1.78 bits per heavy atom. The van der Waals surface area contributed by atoms with Gasteiger partial charge in [0.25, 0.3) is 11.8 Å². The normalized spacial score (nSPS) is 24.7. The van der Waals surface area contributed by atoms with Crippen molar-refractivity contribution in [3.8, 4) is 11.5 Å². The second kappa shape index (κ2) is 8.25. The second-order valence-electron chi connectivity index (χ2n) is 10.7. The molecular formula is C28H29N3O5. The van der Waals surface area contributed by atoms with E-state index in [9.17, 15) is 14.4 Å². The molecule has 2 aromatic rings. The van der Waals surface area contributed by atoms with Crippen molar-refractivity contribution in [1.82, 2.24) is 9.80 Å². The highest BCUT2D eigenvalue weighted by molar-refractivity contribution is 6.23. The molecule has 0 N–H and O–H groups in total. The maximum atomic E-state index is 13.5. The van der Waals surface area contributed by atoms with Crippen molar-refractivity contribution in [2.75, 3.05) is 31.3 Å². The van der Waals surface area contributed by atoms with Crippen molar-refractivity contribution in [1.29, 1.82) is 0 Å². The van der Waals surface area contributed by atoms with Crippen LogP contribution >= 0.6 is 0 Å². The van der Waals surface area contributed by atoms with E-state index in [2.05, 4.69) is 9.80 Å². The van der Waals surface area contributed by atoms with E-state index >= 15 is 0 Å². The topological polar surface area (TPSA) is 79.4 Å². The lowest BCUT2D eigenvalue weighted by molar-refractivity contribution is -0.137. The Hall–Kier alpha value is -3.55. The zero-order valence-corrected chi connectivity index (χ0v) is 20.2. The number of carbonyl (C=O) groups is 3. The number of imide groups is 1. The number of hydrogen-bond acceptors (Lipinski definition) is 6. The zero-order chi connectivity index (χ0) is 24.4. The van der Waals surface area contributed by atoms with Crippen molar-refractivity contribution >= 4 is 23.4 Å². The van der Waals surface area contributed by atoms with Crippen LogP contribution in [0.5, 0.6) is 11.5 Å². The van der Waals surface area contributed by atoms with Gasteiger partial charge in [0.1, 0.15) is 0 Å². The lowest BCUT2D eigenvalue weighted by Crippen LogP contribution is -2.45. The van der Waals surface area contributed by atoms with Crippen LogP contribution in [-0.4, -0.2) is 60.0 Å². The van der Waals surface area contributed by atoms with Gasteiger partial charge in [0, 0.05) is 31.6 Å². The maximum absolute atomic E-state index is 13.5. The second-order valence-corrected chi connectivity index (χ2v) is 10.7. The Morgan fingerprint density at radius 3 is 2.56 bits per heavy atom. The molecule has 2 unspecified atom stereocenters. The minimum absolute atomic E-state index is 0.0530. The molecule has 3 fully saturated rings. The highest BCUT2D eigenvalue weighted by Crippen LogP contribution is 2.40. The van der Waals surface area contributed by atoms with Crippen LogP contribution < -0.4 is 14.4 Å². The molecule has 0 spiro atoms. The Bertz CT molecular complexity index is 1270. The van der Waals surface area contributed by atoms with E-state index in [1.165, 1.54) is 17.7 Å². The smallest absolute Gasteiger partial charge is 0.263 e. The Kier molecular flexibility index (Phi) is 4.98. The predicted octanol–water partition coefficient (Wildman–Crippen LogP) is 3.44. The molecule has 2 saturated heterocycles. The molecule has 4 aliphatic heterocycles. The van der Waals surface area contributed by atoms with Gasteiger partial charge in [0.15, 0.2) is 11.5 Å². The van der Waals surface area contributed by atoms with Crippen LogP contribution in [0.15, 0.2) is 36.4 Å². The lowest BCUT2D eigenvalue weighted by atomic mass is 9.93. The van der Waals surface area contributed by atoms with Gasteiger partial charge >= 0.3 is 0 Å². The van der Waals surface area contributed by atoms with E-state index in [-0.39, 0.29) is 31.1 Å². The third-order valence-electron chi connectivity index (χ3n) is 8.63. The van der Waals surface area contributed by atoms with Gasteiger partial charge in [-0.1, -0.05) is 12.1 Å². The Labute approximate surface area is 209 Å². The van der Waals surface area contributed by atoms with Crippen LogP contribution in [0.25, 0.3) is 0 Å². The number of rotatable bonds is 4. The molecule has 0 aromatic heterocycles. The molecule has 1 saturated carbocycles. The third-order valence-corrected chi connectivity index (χ3v) is 8.63. The molecule has 0 radical (unpaired) electrons. The fourth-order valence-corrected chi connectivity index (χ4v) is 6.74. The number of hydrogen-bond donors (Lipinski definition) is 0. The molecule has 36 heavy (non-hydrogen) atoms. The first kappa shape index (κ1) is 21.7. The first-order valence-corrected chi connectivity index (χ1v) is 13.0. The highest BCUT2D eigenvalue weighted by Gasteiger charge is 2.43. The Morgan fingerprint density at radius 1 is 0.944 bits per heavy atom. The summed E-state index contributed by atoms with van der Waals surface area (Å²) in [6.45, 7) is 2.70. The lowest BCUT2D eigenvalue weighted by Gasteiger charge is -2.37. The number of amides is 3. The first-order valence-electron chi connectivity index (χ1n) is 13.0. The molecule has 2 atom stereocenters. The number of likely N-dealkylation sites (tertiary alicyclic amines) is 1. The van der Waals surface area contributed by atoms with Crippen LogP contribution in [0.2, 0.25) is 0 Å². The summed E-state index contributed by atoms with van der Waals surface area (Å²) >= 11 is 0. The van der Waals surface area contributed by atoms with E-state index in [0.717, 1.165) is 37.1 Å². The molecule has 8 heteroatoms. The molecule has 4 heterocycles. The number of ether oxygens (including phenoxy) is 2. The van der Waals surface area contributed by atoms with Crippen LogP contribution in [0, 0.1) is 11.8 Å². The van der Waals surface area contributed by atoms with E-state index in [4.69, 9.17) is 9.47 Å². The van der Waals surface area contributed by atoms with Crippen LogP contribution in [-0.2, 0) is 11.3 Å². The van der Waals surface area contributed by atoms with Crippen molar-refractivity contribution in [3.05, 3.63) is 53.1 Å². The predicted molar refractivity (Wildman–Crippen MR) is 131 cm³/mol. The fourth-order valence-electron chi connectivity index (χ4n) is 6.74. The number of nitrogens with zero attached hydrogens (tertiary/aromatic N) is 3. The van der Waals surface area contributed by atoms with E-state index in [1.807, 2.05) is 24.3 Å². The summed E-state index contributed by atoms with van der Waals surface area (Å²) in [6, 6.07) is 11.4. The van der Waals surface area contributed by atoms with Gasteiger partial charge in [-0.15, -0.1) is 0 Å². The summed E-state index contributed by atoms with van der Waals surface area (Å²) in [5.74, 6) is 1.83. The molecule has 2 bridgehead atoms. The summed E-state index contributed by atoms with van der Waals surface area (Å²) in [5, 5.41) is 0. The van der Waals surface area contributed by atoms with Gasteiger partial charge in [0.05, 0.1) is 23.4 Å². The van der Waals surface area contributed by atoms with Gasteiger partial charge in [0.2, 0.25) is 12.7 Å². The molecule has 7 rings (SSSR count). The molecule has 5 aliphatic rings. The number of fused-ring (bicyclic) bond motifs is 4. The molecule has 186 valence electrons. The minimum Gasteiger partial charge on any atom is -0.454 e. The van der Waals surface area contributed by atoms with Gasteiger partial charge in [-0.25, -0.2) is 0 Å². The fraction of sp³-hybridized carbons (Fsp3) is 0.464. The van der Waals surface area contributed by atoms with Gasteiger partial charge in [-0.2, -0.15) is 0 Å². The van der Waals surface area contributed by atoms with Crippen LogP contribution in [0.1, 0.15) is 58.4 Å². The summed E-state index contributed by atoms with van der Waals surface area (Å²) in [7, 11) is 0. The largest absolute Gasteiger partial charge is 0.454 e. The van der Waals surface area contributed by atoms with Crippen LogP contribution in [0.3, 0.4) is 0 Å². The van der Waals surface area contributed by atoms with Gasteiger partial charge in [-0.05, 0) is 67.9 Å². The molecule has 2 aromatic carbocycles. The SMILES string of the molecule is O=C1c2cccc(N3CCC(C(=O)N4CC5CCC4C5)CC3)c2C(=O)N1Cc1ccc2c(c1)OCO2.